The zero-order valence-electron chi connectivity index (χ0n) is 14.6. The van der Waals surface area contributed by atoms with E-state index in [2.05, 4.69) is 32.1 Å². The van der Waals surface area contributed by atoms with Gasteiger partial charge in [0.15, 0.2) is 0 Å². The molecule has 0 aromatic rings. The van der Waals surface area contributed by atoms with Gasteiger partial charge >= 0.3 is 5.97 Å². The lowest BCUT2D eigenvalue weighted by atomic mass is 9.87. The highest BCUT2D eigenvalue weighted by Gasteiger charge is 2.44. The summed E-state index contributed by atoms with van der Waals surface area (Å²) in [5.74, 6) is 2.12. The molecule has 0 bridgehead atoms. The molecule has 0 aromatic carbocycles. The molecule has 0 aromatic heterocycles. The van der Waals surface area contributed by atoms with Gasteiger partial charge in [-0.1, -0.05) is 58.8 Å². The van der Waals surface area contributed by atoms with Gasteiger partial charge < -0.3 is 4.74 Å². The number of ether oxygens (including phenoxy) is 1. The Labute approximate surface area is 130 Å². The zero-order valence-corrected chi connectivity index (χ0v) is 14.6. The maximum Gasteiger partial charge on any atom is 0.311 e. The SMILES string of the molecule is CC.CCCCC(C)(C)C(=O)OCC1=CC2C(C)C2C=C1. The Kier molecular flexibility index (Phi) is 6.70. The Bertz CT molecular complexity index is 404. The first-order valence-corrected chi connectivity index (χ1v) is 8.52. The van der Waals surface area contributed by atoms with Gasteiger partial charge in [0, 0.05) is 0 Å². The number of unbranched alkanes of at least 4 members (excludes halogenated alkanes) is 1. The van der Waals surface area contributed by atoms with Crippen LogP contribution in [0, 0.1) is 23.2 Å². The number of esters is 1. The van der Waals surface area contributed by atoms with Crippen LogP contribution in [0.5, 0.6) is 0 Å². The number of fused-ring (bicyclic) bond motifs is 1. The molecule has 2 aliphatic rings. The van der Waals surface area contributed by atoms with Gasteiger partial charge in [-0.15, -0.1) is 0 Å². The number of carbonyl (C=O) groups excluding carboxylic acids is 1. The van der Waals surface area contributed by atoms with Gasteiger partial charge in [-0.2, -0.15) is 0 Å². The average Bonchev–Trinajstić information content (AvgIpc) is 3.14. The van der Waals surface area contributed by atoms with Gasteiger partial charge in [-0.3, -0.25) is 4.79 Å². The first kappa shape index (κ1) is 18.0. The standard InChI is InChI=1S/C17H26O2.C2H6/c1-5-6-9-17(3,4)16(18)19-11-13-7-8-14-12(2)15(14)10-13;1-2/h7-8,10,12,14-15H,5-6,9,11H2,1-4H3;1-2H3. The lowest BCUT2D eigenvalue weighted by Gasteiger charge is -2.22. The average molecular weight is 292 g/mol. The van der Waals surface area contributed by atoms with E-state index in [9.17, 15) is 4.79 Å². The minimum Gasteiger partial charge on any atom is -0.460 e. The van der Waals surface area contributed by atoms with Crippen LogP contribution >= 0.6 is 0 Å². The minimum atomic E-state index is -0.357. The summed E-state index contributed by atoms with van der Waals surface area (Å²) < 4.78 is 5.49. The third-order valence-electron chi connectivity index (χ3n) is 4.53. The van der Waals surface area contributed by atoms with E-state index < -0.39 is 0 Å². The third kappa shape index (κ3) is 4.72. The van der Waals surface area contributed by atoms with E-state index in [0.29, 0.717) is 12.5 Å². The van der Waals surface area contributed by atoms with Gasteiger partial charge in [-0.05, 0) is 43.6 Å². The van der Waals surface area contributed by atoms with Crippen LogP contribution in [-0.2, 0) is 9.53 Å². The summed E-state index contributed by atoms with van der Waals surface area (Å²) in [5.41, 5.74) is 0.801. The second-order valence-corrected chi connectivity index (χ2v) is 6.68. The highest BCUT2D eigenvalue weighted by atomic mass is 16.5. The Balaban J connectivity index is 0.00000106. The van der Waals surface area contributed by atoms with E-state index in [4.69, 9.17) is 4.74 Å². The Morgan fingerprint density at radius 3 is 2.52 bits per heavy atom. The van der Waals surface area contributed by atoms with E-state index in [1.54, 1.807) is 0 Å². The van der Waals surface area contributed by atoms with Crippen molar-refractivity contribution in [3.05, 3.63) is 23.8 Å². The second kappa shape index (κ2) is 7.82. The minimum absolute atomic E-state index is 0.0683. The van der Waals surface area contributed by atoms with Crippen molar-refractivity contribution in [3.8, 4) is 0 Å². The molecular formula is C19H32O2. The molecule has 3 atom stereocenters. The molecule has 0 saturated heterocycles. The highest BCUT2D eigenvalue weighted by molar-refractivity contribution is 5.76. The highest BCUT2D eigenvalue weighted by Crippen LogP contribution is 2.50. The molecule has 0 spiro atoms. The maximum absolute atomic E-state index is 12.1. The van der Waals surface area contributed by atoms with Gasteiger partial charge in [0.25, 0.3) is 0 Å². The molecule has 21 heavy (non-hydrogen) atoms. The predicted molar refractivity (Wildman–Crippen MR) is 89.0 cm³/mol. The summed E-state index contributed by atoms with van der Waals surface area (Å²) >= 11 is 0. The summed E-state index contributed by atoms with van der Waals surface area (Å²) in [6, 6.07) is 0. The number of hydrogen-bond donors (Lipinski definition) is 0. The monoisotopic (exact) mass is 292 g/mol. The summed E-state index contributed by atoms with van der Waals surface area (Å²) in [6.45, 7) is 12.8. The molecule has 1 saturated carbocycles. The summed E-state index contributed by atoms with van der Waals surface area (Å²) in [6.07, 6.45) is 9.76. The number of allylic oxidation sites excluding steroid dienone is 2. The second-order valence-electron chi connectivity index (χ2n) is 6.68. The van der Waals surface area contributed by atoms with Crippen molar-refractivity contribution in [2.75, 3.05) is 6.61 Å². The van der Waals surface area contributed by atoms with Crippen LogP contribution in [0.15, 0.2) is 23.8 Å². The van der Waals surface area contributed by atoms with E-state index in [1.807, 2.05) is 27.7 Å². The van der Waals surface area contributed by atoms with Crippen LogP contribution in [0.4, 0.5) is 0 Å². The van der Waals surface area contributed by atoms with Crippen molar-refractivity contribution in [3.63, 3.8) is 0 Å². The van der Waals surface area contributed by atoms with Gasteiger partial charge in [0.2, 0.25) is 0 Å². The molecule has 2 rings (SSSR count). The number of hydrogen-bond acceptors (Lipinski definition) is 2. The topological polar surface area (TPSA) is 26.3 Å². The largest absolute Gasteiger partial charge is 0.460 e. The third-order valence-corrected chi connectivity index (χ3v) is 4.53. The van der Waals surface area contributed by atoms with Crippen LogP contribution < -0.4 is 0 Å². The van der Waals surface area contributed by atoms with Crippen molar-refractivity contribution in [1.82, 2.24) is 0 Å². The van der Waals surface area contributed by atoms with Crippen LogP contribution in [0.3, 0.4) is 0 Å². The first-order valence-electron chi connectivity index (χ1n) is 8.52. The van der Waals surface area contributed by atoms with Crippen molar-refractivity contribution in [2.24, 2.45) is 23.2 Å². The van der Waals surface area contributed by atoms with Gasteiger partial charge in [0.05, 0.1) is 5.41 Å². The smallest absolute Gasteiger partial charge is 0.311 e. The van der Waals surface area contributed by atoms with Crippen LogP contribution in [-0.4, -0.2) is 12.6 Å². The Hall–Kier alpha value is -1.05. The molecule has 0 N–H and O–H groups in total. The Morgan fingerprint density at radius 1 is 1.29 bits per heavy atom. The molecule has 0 aliphatic heterocycles. The fraction of sp³-hybridized carbons (Fsp3) is 0.737. The molecule has 0 heterocycles. The molecule has 2 nitrogen and oxygen atoms in total. The van der Waals surface area contributed by atoms with Gasteiger partial charge in [0.1, 0.15) is 6.61 Å². The lowest BCUT2D eigenvalue weighted by Crippen LogP contribution is -2.27. The van der Waals surface area contributed by atoms with E-state index in [0.717, 1.165) is 36.7 Å². The fourth-order valence-electron chi connectivity index (χ4n) is 2.79. The molecule has 3 unspecified atom stereocenters. The van der Waals surface area contributed by atoms with Crippen molar-refractivity contribution in [1.29, 1.82) is 0 Å². The normalized spacial score (nSPS) is 26.2. The van der Waals surface area contributed by atoms with Gasteiger partial charge in [-0.25, -0.2) is 0 Å². The summed E-state index contributed by atoms with van der Waals surface area (Å²) in [5, 5.41) is 0. The van der Waals surface area contributed by atoms with Crippen molar-refractivity contribution >= 4 is 5.97 Å². The molecule has 1 fully saturated rings. The van der Waals surface area contributed by atoms with Crippen molar-refractivity contribution in [2.45, 2.75) is 60.8 Å². The van der Waals surface area contributed by atoms with E-state index >= 15 is 0 Å². The molecule has 2 aliphatic carbocycles. The van der Waals surface area contributed by atoms with Crippen LogP contribution in [0.25, 0.3) is 0 Å². The fourth-order valence-corrected chi connectivity index (χ4v) is 2.79. The molecule has 2 heteroatoms. The quantitative estimate of drug-likeness (QED) is 0.633. The summed E-state index contributed by atoms with van der Waals surface area (Å²) in [4.78, 5) is 12.1. The van der Waals surface area contributed by atoms with E-state index in [-0.39, 0.29) is 11.4 Å². The maximum atomic E-state index is 12.1. The number of carbonyl (C=O) groups is 1. The molecular weight excluding hydrogens is 260 g/mol. The lowest BCUT2D eigenvalue weighted by molar-refractivity contribution is -0.153. The number of rotatable bonds is 6. The Morgan fingerprint density at radius 2 is 1.95 bits per heavy atom. The predicted octanol–water partition coefficient (Wildman–Crippen LogP) is 5.15. The molecule has 120 valence electrons. The first-order chi connectivity index (χ1) is 9.95. The van der Waals surface area contributed by atoms with Crippen LogP contribution in [0.1, 0.15) is 60.8 Å². The van der Waals surface area contributed by atoms with Crippen molar-refractivity contribution < 1.29 is 9.53 Å². The molecule has 0 radical (unpaired) electrons. The summed E-state index contributed by atoms with van der Waals surface area (Å²) in [7, 11) is 0. The van der Waals surface area contributed by atoms with E-state index in [1.165, 1.54) is 0 Å². The molecule has 0 amide bonds. The zero-order chi connectivity index (χ0) is 16.0. The van der Waals surface area contributed by atoms with Crippen LogP contribution in [0.2, 0.25) is 0 Å².